The molecule has 2 aromatic carbocycles. The zero-order valence-corrected chi connectivity index (χ0v) is 26.4. The first-order valence-corrected chi connectivity index (χ1v) is 18.7. The molecule has 2 unspecified atom stereocenters. The Morgan fingerprint density at radius 1 is 0.583 bits per heavy atom. The Morgan fingerprint density at radius 3 is 1.06 bits per heavy atom. The van der Waals surface area contributed by atoms with E-state index in [-0.39, 0.29) is 21.6 Å². The fraction of sp³-hybridized carbons (Fsp3) is 0.533. The van der Waals surface area contributed by atoms with Gasteiger partial charge in [-0.1, -0.05) is 55.4 Å². The smallest absolute Gasteiger partial charge is 0.250 e. The zero-order valence-electron chi connectivity index (χ0n) is 24.4. The lowest BCUT2D eigenvalue weighted by Gasteiger charge is -2.36. The second-order valence-electron chi connectivity index (χ2n) is 13.1. The van der Waals surface area contributed by atoms with Crippen LogP contribution in [0, 0.1) is 11.8 Å². The second kappa shape index (κ2) is 10.7. The summed E-state index contributed by atoms with van der Waals surface area (Å²) in [7, 11) is -3.89. The number of benzene rings is 2. The van der Waals surface area contributed by atoms with Gasteiger partial charge in [0.25, 0.3) is 0 Å². The highest BCUT2D eigenvalue weighted by Crippen LogP contribution is 2.38. The van der Waals surface area contributed by atoms with Crippen molar-refractivity contribution < 1.29 is 18.4 Å². The molecule has 0 fully saturated rings. The molecule has 6 heteroatoms. The van der Waals surface area contributed by atoms with E-state index in [9.17, 15) is 9.59 Å². The van der Waals surface area contributed by atoms with Crippen molar-refractivity contribution in [1.29, 1.82) is 0 Å². The number of carbonyl (C=O) groups excluding carboxylic acids is 2. The average Bonchev–Trinajstić information content (AvgIpc) is 2.76. The minimum absolute atomic E-state index is 0.0346. The maximum absolute atomic E-state index is 13.2. The minimum atomic E-state index is -1.95. The highest BCUT2D eigenvalue weighted by Gasteiger charge is 2.40. The largest absolute Gasteiger partial charge is 0.544 e. The van der Waals surface area contributed by atoms with Crippen molar-refractivity contribution in [2.45, 2.75) is 91.7 Å². The van der Waals surface area contributed by atoms with Crippen LogP contribution in [0.2, 0.25) is 36.3 Å². The molecule has 2 rings (SSSR count). The van der Waals surface area contributed by atoms with Gasteiger partial charge in [-0.05, 0) is 84.8 Å². The van der Waals surface area contributed by atoms with Gasteiger partial charge >= 0.3 is 0 Å². The third-order valence-electron chi connectivity index (χ3n) is 8.21. The Bertz CT molecular complexity index is 969. The van der Waals surface area contributed by atoms with Crippen LogP contribution in [0.15, 0.2) is 48.5 Å². The van der Waals surface area contributed by atoms with Gasteiger partial charge in [-0.3, -0.25) is 9.59 Å². The third kappa shape index (κ3) is 6.97. The van der Waals surface area contributed by atoms with Crippen molar-refractivity contribution in [1.82, 2.24) is 0 Å². The van der Waals surface area contributed by atoms with E-state index in [1.54, 1.807) is 0 Å². The lowest BCUT2D eigenvalue weighted by atomic mass is 9.83. The Labute approximate surface area is 221 Å². The Balaban J connectivity index is 2.09. The van der Waals surface area contributed by atoms with Gasteiger partial charge in [-0.2, -0.15) is 0 Å². The summed E-state index contributed by atoms with van der Waals surface area (Å²) in [5.74, 6) is 0.630. The predicted molar refractivity (Wildman–Crippen MR) is 156 cm³/mol. The quantitative estimate of drug-likeness (QED) is 0.242. The lowest BCUT2D eigenvalue weighted by molar-refractivity contribution is 0.0794. The SMILES string of the molecule is CC(C(=O)c1ccc(O[Si](C)(C)C(C)(C)C)cc1)C(C)C(=O)c1ccc(O[Si](C)(C)C(C)(C)C)cc1. The van der Waals surface area contributed by atoms with E-state index in [4.69, 9.17) is 8.85 Å². The minimum Gasteiger partial charge on any atom is -0.544 e. The van der Waals surface area contributed by atoms with Crippen molar-refractivity contribution in [3.8, 4) is 11.5 Å². The van der Waals surface area contributed by atoms with E-state index in [0.29, 0.717) is 11.1 Å². The molecule has 2 atom stereocenters. The second-order valence-corrected chi connectivity index (χ2v) is 22.5. The van der Waals surface area contributed by atoms with Gasteiger partial charge < -0.3 is 8.85 Å². The molecule has 2 aromatic rings. The van der Waals surface area contributed by atoms with Crippen LogP contribution in [0.5, 0.6) is 11.5 Å². The predicted octanol–water partition coefficient (Wildman–Crippen LogP) is 8.79. The molecule has 0 N–H and O–H groups in total. The van der Waals surface area contributed by atoms with Gasteiger partial charge in [0.15, 0.2) is 11.6 Å². The number of ketones is 2. The Morgan fingerprint density at radius 2 is 0.833 bits per heavy atom. The first kappa shape index (κ1) is 30.0. The number of hydrogen-bond acceptors (Lipinski definition) is 4. The van der Waals surface area contributed by atoms with Crippen LogP contribution >= 0.6 is 0 Å². The van der Waals surface area contributed by atoms with Crippen LogP contribution < -0.4 is 8.85 Å². The molecule has 0 aliphatic rings. The normalized spacial score (nSPS) is 14.7. The molecule has 0 saturated carbocycles. The summed E-state index contributed by atoms with van der Waals surface area (Å²) < 4.78 is 12.7. The molecule has 0 heterocycles. The van der Waals surface area contributed by atoms with Crippen LogP contribution in [0.4, 0.5) is 0 Å². The number of Topliss-reactive ketones (excluding diaryl/α,β-unsaturated/α-hetero) is 2. The number of hydrogen-bond donors (Lipinski definition) is 0. The molecule has 198 valence electrons. The number of rotatable bonds is 9. The monoisotopic (exact) mass is 526 g/mol. The fourth-order valence-corrected chi connectivity index (χ4v) is 5.31. The first-order chi connectivity index (χ1) is 16.3. The average molecular weight is 527 g/mol. The molecule has 4 nitrogen and oxygen atoms in total. The van der Waals surface area contributed by atoms with Gasteiger partial charge in [-0.15, -0.1) is 0 Å². The van der Waals surface area contributed by atoms with E-state index in [2.05, 4.69) is 67.7 Å². The molecule has 36 heavy (non-hydrogen) atoms. The molecular formula is C30H46O4Si2. The van der Waals surface area contributed by atoms with Gasteiger partial charge in [0.2, 0.25) is 16.6 Å². The topological polar surface area (TPSA) is 52.6 Å². The summed E-state index contributed by atoms with van der Waals surface area (Å²) in [5, 5.41) is 0.196. The van der Waals surface area contributed by atoms with Crippen molar-refractivity contribution in [2.24, 2.45) is 11.8 Å². The molecular weight excluding hydrogens is 480 g/mol. The summed E-state index contributed by atoms with van der Waals surface area (Å²) in [6.07, 6.45) is 0. The lowest BCUT2D eigenvalue weighted by Crippen LogP contribution is -2.43. The van der Waals surface area contributed by atoms with Gasteiger partial charge in [0.05, 0.1) is 0 Å². The van der Waals surface area contributed by atoms with Crippen molar-refractivity contribution >= 4 is 28.2 Å². The Hall–Kier alpha value is -2.19. The van der Waals surface area contributed by atoms with Gasteiger partial charge in [0.1, 0.15) is 11.5 Å². The van der Waals surface area contributed by atoms with Crippen LogP contribution in [-0.2, 0) is 0 Å². The van der Waals surface area contributed by atoms with Crippen molar-refractivity contribution in [3.05, 3.63) is 59.7 Å². The maximum Gasteiger partial charge on any atom is 0.250 e. The van der Waals surface area contributed by atoms with Crippen LogP contribution in [0.1, 0.15) is 76.1 Å². The fourth-order valence-electron chi connectivity index (χ4n) is 3.25. The molecule has 0 amide bonds. The van der Waals surface area contributed by atoms with Crippen molar-refractivity contribution in [2.75, 3.05) is 0 Å². The van der Waals surface area contributed by atoms with Crippen LogP contribution in [-0.4, -0.2) is 28.2 Å². The standard InChI is InChI=1S/C30H46O4Si2/c1-21(27(31)23-13-17-25(18-14-23)33-35(9,10)29(3,4)5)22(2)28(32)24-15-19-26(20-16-24)34-36(11,12)30(6,7)8/h13-22H,1-12H3. The molecule has 0 radical (unpaired) electrons. The summed E-state index contributed by atoms with van der Waals surface area (Å²) in [4.78, 5) is 26.4. The molecule has 0 bridgehead atoms. The van der Waals surface area contributed by atoms with E-state index in [0.717, 1.165) is 11.5 Å². The zero-order chi connectivity index (χ0) is 27.7. The molecule has 0 aromatic heterocycles. The summed E-state index contributed by atoms with van der Waals surface area (Å²) in [5.41, 5.74) is 1.20. The number of carbonyl (C=O) groups is 2. The maximum atomic E-state index is 13.2. The molecule has 0 spiro atoms. The van der Waals surface area contributed by atoms with E-state index < -0.39 is 28.5 Å². The van der Waals surface area contributed by atoms with Gasteiger partial charge in [0, 0.05) is 23.0 Å². The van der Waals surface area contributed by atoms with Crippen molar-refractivity contribution in [3.63, 3.8) is 0 Å². The first-order valence-electron chi connectivity index (χ1n) is 12.9. The third-order valence-corrected chi connectivity index (χ3v) is 16.9. The highest BCUT2D eigenvalue weighted by molar-refractivity contribution is 6.75. The van der Waals surface area contributed by atoms with E-state index in [1.165, 1.54) is 0 Å². The molecule has 0 aliphatic carbocycles. The highest BCUT2D eigenvalue weighted by atomic mass is 28.4. The van der Waals surface area contributed by atoms with E-state index >= 15 is 0 Å². The van der Waals surface area contributed by atoms with Crippen LogP contribution in [0.3, 0.4) is 0 Å². The molecule has 0 aliphatic heterocycles. The van der Waals surface area contributed by atoms with Gasteiger partial charge in [-0.25, -0.2) is 0 Å². The summed E-state index contributed by atoms with van der Waals surface area (Å²) >= 11 is 0. The summed E-state index contributed by atoms with van der Waals surface area (Å²) in [6.45, 7) is 25.7. The van der Waals surface area contributed by atoms with E-state index in [1.807, 2.05) is 62.4 Å². The molecule has 0 saturated heterocycles. The Kier molecular flexibility index (Phi) is 8.90. The van der Waals surface area contributed by atoms with Crippen LogP contribution in [0.25, 0.3) is 0 Å². The summed E-state index contributed by atoms with van der Waals surface area (Å²) in [6, 6.07) is 14.7.